The zero-order valence-electron chi connectivity index (χ0n) is 84.4. The number of carbonyl (C=O) groups is 1. The van der Waals surface area contributed by atoms with Crippen LogP contribution in [0.2, 0.25) is 0 Å². The zero-order valence-corrected chi connectivity index (χ0v) is 86.0. The van der Waals surface area contributed by atoms with Gasteiger partial charge >= 0.3 is 20.8 Å². The molecule has 0 aromatic carbocycles. The predicted octanol–water partition coefficient (Wildman–Crippen LogP) is 20.4. The van der Waals surface area contributed by atoms with Crippen LogP contribution in [0.15, 0.2) is 12.2 Å². The molecule has 12 aliphatic carbocycles. The Bertz CT molecular complexity index is 3570. The van der Waals surface area contributed by atoms with E-state index in [0.29, 0.717) is 171 Å². The largest absolute Gasteiger partial charge is 0.397 e. The maximum Gasteiger partial charge on any atom is 0.397 e. The predicted molar refractivity (Wildman–Crippen MR) is 549 cm³/mol. The van der Waals surface area contributed by atoms with Crippen LogP contribution in [0.3, 0.4) is 0 Å². The number of nitrogens with two attached hydrogens (primary N) is 3. The summed E-state index contributed by atoms with van der Waals surface area (Å²) in [4.78, 5) is 12.2. The van der Waals surface area contributed by atoms with E-state index in [1.54, 1.807) is 0 Å². The number of rotatable bonds is 50. The van der Waals surface area contributed by atoms with E-state index in [4.69, 9.17) is 25.6 Å². The van der Waals surface area contributed by atoms with Crippen LogP contribution in [0, 0.1) is 151 Å². The molecule has 0 amide bonds. The van der Waals surface area contributed by atoms with Crippen LogP contribution < -0.4 is 49.1 Å². The second-order valence-corrected chi connectivity index (χ2v) is 50.1. The van der Waals surface area contributed by atoms with Crippen LogP contribution in [0.1, 0.15) is 395 Å². The van der Waals surface area contributed by atoms with Crippen molar-refractivity contribution in [1.29, 1.82) is 0 Å². The minimum absolute atomic E-state index is 0. The Morgan fingerprint density at radius 1 is 0.364 bits per heavy atom. The average molecular weight is 1900 g/mol. The molecule has 0 radical (unpaired) electrons. The van der Waals surface area contributed by atoms with Gasteiger partial charge < -0.3 is 64.4 Å². The Morgan fingerprint density at radius 2 is 0.629 bits per heavy atom. The maximum atomic E-state index is 12.2. The standard InChI is InChI=1S/C38H73N3O5S.C34H65N3O5S.C34H61N3O2.3CH4/c1-27(2)35(46-47(43,44)45)16-13-28(3)31-14-15-32-36-33(18-20-38(31,32)5)37(4)19-17-30(25-29(37)26-34(36)42)41-24-12-23-40-22-11-9-7-6-8-10-21-39;1-23(2)31(42-43(39,40)41)12-9-24(3)27-10-11-28-32-29(14-16-34(27,28)5)33(4)15-13-26(21-25(33)22-30(32)38)37-20-8-19-36-18-7-6-17-35;1-23(2)30(38)12-9-24(3)27-10-11-28-32-29(14-16-34(27,28)5)33(4)15-13-26(21-25(33)22-31(32)39)37-20-8-19-36-18-7-6-17-35;;;/h27-36,40-42H,6-26,39H2,1-5H3,(H,43,44,45);23-32,36-38H,6-22,35H2,1-5H3,(H,39,40,41);24-29,31-32,36-37,39H,1,6-22,35H2,2-5H3;3*1H4/t28-,29-,30+,31?,32?,33?,34-,35?,36?,37+,38-;24-,25-,26+,27?,28?,29?,30-,31?,32?,33+,34-;24-,25-,26+,27?,28?,29?,31-,32?,33+,34-;;;/m111.../s1. The topological polar surface area (TPSA) is 355 Å². The van der Waals surface area contributed by atoms with Gasteiger partial charge in [-0.2, -0.15) is 16.8 Å². The molecular weight excluding hydrogens is 1690 g/mol. The molecule has 0 bridgehead atoms. The van der Waals surface area contributed by atoms with Gasteiger partial charge in [-0.3, -0.25) is 13.9 Å². The van der Waals surface area contributed by atoms with Gasteiger partial charge in [-0.15, -0.1) is 0 Å². The molecule has 0 aliphatic heterocycles. The van der Waals surface area contributed by atoms with Crippen molar-refractivity contribution < 1.29 is 54.4 Å². The van der Waals surface area contributed by atoms with E-state index in [0.717, 1.165) is 143 Å². The lowest BCUT2D eigenvalue weighted by Crippen LogP contribution is -2.59. The smallest absolute Gasteiger partial charge is 0.393 e. The number of nitrogens with one attached hydrogen (secondary N) is 6. The molecular formula is C109H211N9O12S2. The van der Waals surface area contributed by atoms with Crippen LogP contribution >= 0.6 is 0 Å². The molecule has 12 rings (SSSR count). The third kappa shape index (κ3) is 29.9. The first-order chi connectivity index (χ1) is 61.2. The summed E-state index contributed by atoms with van der Waals surface area (Å²) >= 11 is 0. The number of aliphatic hydroxyl groups excluding tert-OH is 3. The summed E-state index contributed by atoms with van der Waals surface area (Å²) in [6.07, 6.45) is 47.9. The minimum atomic E-state index is -4.46. The molecule has 0 heterocycles. The third-order valence-electron chi connectivity index (χ3n) is 39.7. The molecule has 0 aromatic rings. The monoisotopic (exact) mass is 1900 g/mol. The fourth-order valence-corrected chi connectivity index (χ4v) is 33.6. The van der Waals surface area contributed by atoms with E-state index in [1.165, 1.54) is 193 Å². The molecule has 0 spiro atoms. The van der Waals surface area contributed by atoms with Crippen LogP contribution in [0.25, 0.3) is 0 Å². The number of allylic oxidation sites excluding steroid dienone is 1. The fraction of sp³-hybridized carbons (Fsp3) is 0.972. The van der Waals surface area contributed by atoms with Crippen LogP contribution in [-0.2, 0) is 34.0 Å². The Hall–Kier alpha value is -1.33. The number of carbonyl (C=O) groups excluding carboxylic acids is 1. The quantitative estimate of drug-likeness (QED) is 0.0153. The van der Waals surface area contributed by atoms with E-state index < -0.39 is 33.0 Å². The first-order valence-electron chi connectivity index (χ1n) is 54.2. The summed E-state index contributed by atoms with van der Waals surface area (Å²) < 4.78 is 74.3. The highest BCUT2D eigenvalue weighted by molar-refractivity contribution is 7.81. The molecule has 132 heavy (non-hydrogen) atoms. The van der Waals surface area contributed by atoms with Crippen molar-refractivity contribution in [2.75, 3.05) is 78.5 Å². The highest BCUT2D eigenvalue weighted by atomic mass is 32.3. The molecule has 17 N–H and O–H groups in total. The van der Waals surface area contributed by atoms with Gasteiger partial charge in [-0.05, 0) is 486 Å². The Kier molecular flexibility index (Phi) is 48.0. The van der Waals surface area contributed by atoms with Gasteiger partial charge in [-0.1, -0.05) is 145 Å². The normalized spacial score (nSPS) is 37.9. The molecule has 21 nitrogen and oxygen atoms in total. The molecule has 776 valence electrons. The highest BCUT2D eigenvalue weighted by Gasteiger charge is 2.67. The molecule has 0 aromatic heterocycles. The van der Waals surface area contributed by atoms with Gasteiger partial charge in [0, 0.05) is 24.5 Å². The van der Waals surface area contributed by atoms with Crippen molar-refractivity contribution in [3.8, 4) is 0 Å². The summed E-state index contributed by atoms with van der Waals surface area (Å²) in [7, 11) is -8.91. The van der Waals surface area contributed by atoms with E-state index in [-0.39, 0.29) is 69.0 Å². The summed E-state index contributed by atoms with van der Waals surface area (Å²) in [6.45, 7) is 48.0. The van der Waals surface area contributed by atoms with E-state index in [2.05, 4.69) is 101 Å². The van der Waals surface area contributed by atoms with Gasteiger partial charge in [0.15, 0.2) is 5.78 Å². The lowest BCUT2D eigenvalue weighted by Gasteiger charge is -2.62. The molecule has 23 heteroatoms. The van der Waals surface area contributed by atoms with Crippen molar-refractivity contribution >= 4 is 26.6 Å². The van der Waals surface area contributed by atoms with E-state index >= 15 is 0 Å². The average Bonchev–Trinajstić information content (AvgIpc) is 1.44. The molecule has 14 unspecified atom stereocenters. The van der Waals surface area contributed by atoms with Crippen molar-refractivity contribution in [3.05, 3.63) is 12.2 Å². The SMILES string of the molecule is C.C.C.C=C(C)C(=O)CC[C@@H](C)C1CCC2C3C(CC[C@@]21C)[C@@]1(C)CC[C@H](NCCCNCCCCN)C[C@@H]1C[C@H]3O.CC(C)C(CC[C@@H](C)C1CCC2C3C(CC[C@@]21C)[C@@]1(C)CC[C@H](NCCCNCCCCCCCCN)C[C@@H]1C[C@H]3O)OS(=O)(=O)O.CC(C)C(CC[C@@H](C)C1CCC2C3C(CC[C@@]21C)[C@@]1(C)CC[C@H](NCCCNCCCCN)C[C@@H]1C[C@H]3O)OS(=O)(=O)O. The first-order valence-corrected chi connectivity index (χ1v) is 56.9. The zero-order chi connectivity index (χ0) is 93.9. The van der Waals surface area contributed by atoms with Gasteiger partial charge in [0.1, 0.15) is 0 Å². The Labute approximate surface area is 810 Å². The molecule has 12 fully saturated rings. The first kappa shape index (κ1) is 118. The van der Waals surface area contributed by atoms with Crippen molar-refractivity contribution in [2.24, 2.45) is 168 Å². The van der Waals surface area contributed by atoms with Crippen LogP contribution in [-0.4, -0.2) is 174 Å². The van der Waals surface area contributed by atoms with Crippen molar-refractivity contribution in [3.63, 3.8) is 0 Å². The number of aliphatic hydroxyl groups is 3. The van der Waals surface area contributed by atoms with Gasteiger partial charge in [0.2, 0.25) is 0 Å². The summed E-state index contributed by atoms with van der Waals surface area (Å²) in [5, 5.41) is 57.7. The number of unbranched alkanes of at least 4 members (excludes halogenated alkanes) is 7. The number of hydrogen-bond acceptors (Lipinski definition) is 19. The van der Waals surface area contributed by atoms with Crippen LogP contribution in [0.5, 0.6) is 0 Å². The number of hydrogen-bond donors (Lipinski definition) is 14. The molecule has 32 atom stereocenters. The minimum Gasteiger partial charge on any atom is -0.393 e. The lowest BCUT2D eigenvalue weighted by molar-refractivity contribution is -0.167. The van der Waals surface area contributed by atoms with E-state index in [9.17, 15) is 46.1 Å². The number of ketones is 1. The fourth-order valence-electron chi connectivity index (χ4n) is 32.3. The summed E-state index contributed by atoms with van der Waals surface area (Å²) in [5.41, 5.74) is 19.2. The molecule has 0 saturated heterocycles. The van der Waals surface area contributed by atoms with Crippen molar-refractivity contribution in [1.82, 2.24) is 31.9 Å². The maximum absolute atomic E-state index is 12.2. The third-order valence-corrected chi connectivity index (χ3v) is 40.7. The number of Topliss-reactive ketones (excluding diaryl/α,β-unsaturated/α-hetero) is 1. The summed E-state index contributed by atoms with van der Waals surface area (Å²) in [5.74, 6) is 10.3. The molecule has 12 saturated carbocycles. The summed E-state index contributed by atoms with van der Waals surface area (Å²) in [6, 6.07) is 1.76. The van der Waals surface area contributed by atoms with Crippen molar-refractivity contribution in [2.45, 2.75) is 444 Å². The Morgan fingerprint density at radius 3 is 0.924 bits per heavy atom. The van der Waals surface area contributed by atoms with Gasteiger partial charge in [0.05, 0.1) is 30.5 Å². The number of fused-ring (bicyclic) bond motifs is 15. The van der Waals surface area contributed by atoms with Gasteiger partial charge in [0.25, 0.3) is 0 Å². The second-order valence-electron chi connectivity index (χ2n) is 48.0. The highest BCUT2D eigenvalue weighted by Crippen LogP contribution is 2.72. The molecule has 12 aliphatic rings. The lowest BCUT2D eigenvalue weighted by atomic mass is 9.43. The van der Waals surface area contributed by atoms with Crippen LogP contribution in [0.4, 0.5) is 0 Å². The Balaban J connectivity index is 0.000000269. The second kappa shape index (κ2) is 53.8. The van der Waals surface area contributed by atoms with E-state index in [1.807, 2.05) is 34.6 Å². The van der Waals surface area contributed by atoms with Gasteiger partial charge in [-0.25, -0.2) is 8.37 Å².